The summed E-state index contributed by atoms with van der Waals surface area (Å²) in [6.07, 6.45) is 0.144. The zero-order valence-electron chi connectivity index (χ0n) is 13.9. The van der Waals surface area contributed by atoms with E-state index in [2.05, 4.69) is 10.6 Å². The molecule has 0 fully saturated rings. The average molecular weight is 350 g/mol. The molecule has 7 heteroatoms. The molecule has 1 heterocycles. The smallest absolute Gasteiger partial charge is 0.267 e. The summed E-state index contributed by atoms with van der Waals surface area (Å²) in [6, 6.07) is 8.59. The van der Waals surface area contributed by atoms with E-state index in [0.29, 0.717) is 22.2 Å². The first kappa shape index (κ1) is 17.9. The topological polar surface area (TPSA) is 72.4 Å². The zero-order chi connectivity index (χ0) is 17.7. The van der Waals surface area contributed by atoms with Gasteiger partial charge in [-0.2, -0.15) is 0 Å². The highest BCUT2D eigenvalue weighted by Crippen LogP contribution is 2.27. The van der Waals surface area contributed by atoms with E-state index in [-0.39, 0.29) is 24.8 Å². The molecule has 0 unspecified atom stereocenters. The minimum absolute atomic E-state index is 0.144. The number of carbonyl (C=O) groups excluding carboxylic acids is 2. The highest BCUT2D eigenvalue weighted by atomic mass is 35.5. The van der Waals surface area contributed by atoms with Crippen LogP contribution in [0.1, 0.15) is 22.6 Å². The van der Waals surface area contributed by atoms with Crippen LogP contribution in [-0.2, 0) is 11.8 Å². The normalized spacial score (nSPS) is 10.3. The van der Waals surface area contributed by atoms with Gasteiger partial charge in [-0.3, -0.25) is 9.59 Å². The van der Waals surface area contributed by atoms with Gasteiger partial charge in [0.05, 0.1) is 12.8 Å². The van der Waals surface area contributed by atoms with Gasteiger partial charge < -0.3 is 19.9 Å². The molecule has 0 aliphatic rings. The molecule has 6 nitrogen and oxygen atoms in total. The van der Waals surface area contributed by atoms with Crippen molar-refractivity contribution in [2.24, 2.45) is 7.05 Å². The van der Waals surface area contributed by atoms with E-state index in [1.54, 1.807) is 28.8 Å². The van der Waals surface area contributed by atoms with E-state index in [0.717, 1.165) is 5.69 Å². The van der Waals surface area contributed by atoms with Crippen LogP contribution in [-0.4, -0.2) is 30.0 Å². The lowest BCUT2D eigenvalue weighted by atomic mass is 10.2. The van der Waals surface area contributed by atoms with Gasteiger partial charge in [0.15, 0.2) is 0 Å². The van der Waals surface area contributed by atoms with Crippen molar-refractivity contribution in [1.82, 2.24) is 9.88 Å². The predicted octanol–water partition coefficient (Wildman–Crippen LogP) is 2.75. The summed E-state index contributed by atoms with van der Waals surface area (Å²) in [5.74, 6) is 0.0775. The molecule has 2 N–H and O–H groups in total. The minimum Gasteiger partial charge on any atom is -0.495 e. The summed E-state index contributed by atoms with van der Waals surface area (Å²) in [5.41, 5.74) is 2.05. The van der Waals surface area contributed by atoms with Gasteiger partial charge in [0, 0.05) is 30.7 Å². The Hall–Kier alpha value is -2.47. The second-order valence-corrected chi connectivity index (χ2v) is 5.75. The molecule has 0 saturated carbocycles. The number of methoxy groups -OCH3 is 1. The fourth-order valence-electron chi connectivity index (χ4n) is 2.21. The second kappa shape index (κ2) is 7.88. The molecule has 1 aromatic heterocycles. The van der Waals surface area contributed by atoms with E-state index in [1.165, 1.54) is 7.11 Å². The lowest BCUT2D eigenvalue weighted by molar-refractivity contribution is -0.116. The predicted molar refractivity (Wildman–Crippen MR) is 93.7 cm³/mol. The number of anilines is 1. The first-order chi connectivity index (χ1) is 11.4. The van der Waals surface area contributed by atoms with Crippen LogP contribution < -0.4 is 15.4 Å². The standard InChI is InChI=1S/C17H20ClN3O3/c1-11-4-6-14(21(11)2)17(23)19-9-8-16(22)20-13-10-12(18)5-7-15(13)24-3/h4-7,10H,8-9H2,1-3H3,(H,19,23)(H,20,22). The zero-order valence-corrected chi connectivity index (χ0v) is 14.6. The maximum atomic E-state index is 12.1. The van der Waals surface area contributed by atoms with Gasteiger partial charge in [0.1, 0.15) is 11.4 Å². The fraction of sp³-hybridized carbons (Fsp3) is 0.294. The maximum absolute atomic E-state index is 12.1. The molecule has 0 aliphatic carbocycles. The first-order valence-corrected chi connectivity index (χ1v) is 7.84. The van der Waals surface area contributed by atoms with Crippen LogP contribution in [0.2, 0.25) is 5.02 Å². The van der Waals surface area contributed by atoms with Crippen molar-refractivity contribution in [3.05, 3.63) is 46.7 Å². The lowest BCUT2D eigenvalue weighted by Crippen LogP contribution is -2.29. The maximum Gasteiger partial charge on any atom is 0.267 e. The summed E-state index contributed by atoms with van der Waals surface area (Å²) in [5, 5.41) is 5.96. The number of hydrogen-bond acceptors (Lipinski definition) is 3. The summed E-state index contributed by atoms with van der Waals surface area (Å²) < 4.78 is 6.97. The van der Waals surface area contributed by atoms with E-state index in [9.17, 15) is 9.59 Å². The number of rotatable bonds is 6. The van der Waals surface area contributed by atoms with E-state index >= 15 is 0 Å². The quantitative estimate of drug-likeness (QED) is 0.842. The monoisotopic (exact) mass is 349 g/mol. The molecule has 2 amide bonds. The Balaban J connectivity index is 1.87. The van der Waals surface area contributed by atoms with Gasteiger partial charge in [0.25, 0.3) is 5.91 Å². The van der Waals surface area contributed by atoms with Crippen molar-refractivity contribution in [1.29, 1.82) is 0 Å². The largest absolute Gasteiger partial charge is 0.495 e. The number of nitrogens with zero attached hydrogens (tertiary/aromatic N) is 1. The third kappa shape index (κ3) is 4.29. The third-order valence-electron chi connectivity index (χ3n) is 3.68. The number of halogens is 1. The summed E-state index contributed by atoms with van der Waals surface area (Å²) >= 11 is 5.92. The highest BCUT2D eigenvalue weighted by molar-refractivity contribution is 6.31. The number of aromatic nitrogens is 1. The van der Waals surface area contributed by atoms with E-state index in [4.69, 9.17) is 16.3 Å². The fourth-order valence-corrected chi connectivity index (χ4v) is 2.38. The molecule has 0 radical (unpaired) electrons. The molecule has 1 aromatic carbocycles. The number of carbonyl (C=O) groups is 2. The number of benzene rings is 1. The Bertz CT molecular complexity index is 756. The Morgan fingerprint density at radius 2 is 2.00 bits per heavy atom. The molecule has 24 heavy (non-hydrogen) atoms. The molecule has 0 bridgehead atoms. The van der Waals surface area contributed by atoms with Crippen LogP contribution in [0, 0.1) is 6.92 Å². The number of amides is 2. The van der Waals surface area contributed by atoms with Gasteiger partial charge >= 0.3 is 0 Å². The van der Waals surface area contributed by atoms with Crippen molar-refractivity contribution < 1.29 is 14.3 Å². The first-order valence-electron chi connectivity index (χ1n) is 7.46. The summed E-state index contributed by atoms with van der Waals surface area (Å²) in [6.45, 7) is 2.15. The molecule has 0 spiro atoms. The molecule has 0 saturated heterocycles. The Labute approximate surface area is 145 Å². The lowest BCUT2D eigenvalue weighted by Gasteiger charge is -2.11. The van der Waals surface area contributed by atoms with E-state index < -0.39 is 0 Å². The van der Waals surface area contributed by atoms with E-state index in [1.807, 2.05) is 20.0 Å². The van der Waals surface area contributed by atoms with Crippen LogP contribution in [0.3, 0.4) is 0 Å². The van der Waals surface area contributed by atoms with Crippen LogP contribution in [0.5, 0.6) is 5.75 Å². The molecule has 0 aliphatic heterocycles. The van der Waals surface area contributed by atoms with Crippen molar-refractivity contribution in [2.45, 2.75) is 13.3 Å². The summed E-state index contributed by atoms with van der Waals surface area (Å²) in [4.78, 5) is 24.1. The molecular weight excluding hydrogens is 330 g/mol. The third-order valence-corrected chi connectivity index (χ3v) is 3.91. The SMILES string of the molecule is COc1ccc(Cl)cc1NC(=O)CCNC(=O)c1ccc(C)n1C. The number of hydrogen-bond donors (Lipinski definition) is 2. The van der Waals surface area contributed by atoms with Crippen molar-refractivity contribution in [3.63, 3.8) is 0 Å². The second-order valence-electron chi connectivity index (χ2n) is 5.32. The minimum atomic E-state index is -0.237. The Kier molecular flexibility index (Phi) is 5.87. The van der Waals surface area contributed by atoms with Crippen LogP contribution >= 0.6 is 11.6 Å². The molecule has 0 atom stereocenters. The number of ether oxygens (including phenoxy) is 1. The molecular formula is C17H20ClN3O3. The van der Waals surface area contributed by atoms with Gasteiger partial charge in [-0.15, -0.1) is 0 Å². The van der Waals surface area contributed by atoms with Crippen molar-refractivity contribution >= 4 is 29.1 Å². The Morgan fingerprint density at radius 3 is 2.62 bits per heavy atom. The van der Waals surface area contributed by atoms with Gasteiger partial charge in [-0.05, 0) is 37.3 Å². The molecule has 2 aromatic rings. The van der Waals surface area contributed by atoms with Gasteiger partial charge in [0.2, 0.25) is 5.91 Å². The van der Waals surface area contributed by atoms with Crippen molar-refractivity contribution in [3.8, 4) is 5.75 Å². The highest BCUT2D eigenvalue weighted by Gasteiger charge is 2.12. The van der Waals surface area contributed by atoms with Crippen LogP contribution in [0.4, 0.5) is 5.69 Å². The molecule has 128 valence electrons. The average Bonchev–Trinajstić information content (AvgIpc) is 2.87. The van der Waals surface area contributed by atoms with Crippen LogP contribution in [0.25, 0.3) is 0 Å². The van der Waals surface area contributed by atoms with Gasteiger partial charge in [-0.25, -0.2) is 0 Å². The number of aryl methyl sites for hydroxylation is 1. The molecule has 2 rings (SSSR count). The Morgan fingerprint density at radius 1 is 1.25 bits per heavy atom. The van der Waals surface area contributed by atoms with Crippen molar-refractivity contribution in [2.75, 3.05) is 19.0 Å². The van der Waals surface area contributed by atoms with Gasteiger partial charge in [-0.1, -0.05) is 11.6 Å². The number of nitrogens with one attached hydrogen (secondary N) is 2. The van der Waals surface area contributed by atoms with Crippen LogP contribution in [0.15, 0.2) is 30.3 Å². The summed E-state index contributed by atoms with van der Waals surface area (Å²) in [7, 11) is 3.34.